The zero-order valence-electron chi connectivity index (χ0n) is 13.0. The fourth-order valence-electron chi connectivity index (χ4n) is 2.14. The number of halogens is 1. The van der Waals surface area contributed by atoms with Gasteiger partial charge in [0, 0.05) is 0 Å². The van der Waals surface area contributed by atoms with E-state index in [0.29, 0.717) is 4.31 Å². The van der Waals surface area contributed by atoms with Crippen molar-refractivity contribution in [3.05, 3.63) is 59.9 Å². The maximum atomic E-state index is 13.0. The fraction of sp³-hybridized carbons (Fsp3) is 0.125. The second kappa shape index (κ2) is 6.89. The number of carboxylic acids is 2. The zero-order chi connectivity index (χ0) is 18.8. The molecule has 25 heavy (non-hydrogen) atoms. The maximum Gasteiger partial charge on any atom is 0.335 e. The molecule has 2 aromatic carbocycles. The first-order chi connectivity index (χ1) is 11.6. The van der Waals surface area contributed by atoms with Gasteiger partial charge >= 0.3 is 11.9 Å². The molecule has 132 valence electrons. The molecular formula is C16H14FNO6S. The normalized spacial score (nSPS) is 12.4. The highest BCUT2D eigenvalue weighted by Crippen LogP contribution is 2.27. The lowest BCUT2D eigenvalue weighted by molar-refractivity contribution is -0.137. The van der Waals surface area contributed by atoms with Gasteiger partial charge in [0.25, 0.3) is 10.0 Å². The molecule has 2 rings (SSSR count). The Hall–Kier alpha value is -2.94. The molecule has 0 radical (unpaired) electrons. The molecule has 0 aliphatic heterocycles. The topological polar surface area (TPSA) is 112 Å². The van der Waals surface area contributed by atoms with Gasteiger partial charge in [-0.25, -0.2) is 22.4 Å². The van der Waals surface area contributed by atoms with Crippen molar-refractivity contribution >= 4 is 27.6 Å². The van der Waals surface area contributed by atoms with Crippen LogP contribution in [0.15, 0.2) is 53.4 Å². The summed E-state index contributed by atoms with van der Waals surface area (Å²) in [4.78, 5) is 22.0. The van der Waals surface area contributed by atoms with E-state index in [-0.39, 0.29) is 16.1 Å². The SMILES string of the molecule is CC(C(=O)O)N(c1ccc(C(=O)O)cc1)S(=O)(=O)c1ccc(F)cc1. The number of hydrogen-bond donors (Lipinski definition) is 2. The minimum Gasteiger partial charge on any atom is -0.480 e. The number of aromatic carboxylic acids is 1. The van der Waals surface area contributed by atoms with E-state index in [9.17, 15) is 27.5 Å². The Balaban J connectivity index is 2.58. The molecule has 0 fully saturated rings. The minimum absolute atomic E-state index is 0.0239. The van der Waals surface area contributed by atoms with Crippen LogP contribution < -0.4 is 4.31 Å². The van der Waals surface area contributed by atoms with Crippen molar-refractivity contribution in [3.8, 4) is 0 Å². The van der Waals surface area contributed by atoms with Gasteiger partial charge in [-0.3, -0.25) is 4.31 Å². The van der Waals surface area contributed by atoms with Crippen LogP contribution in [0.3, 0.4) is 0 Å². The number of nitrogens with zero attached hydrogens (tertiary/aromatic N) is 1. The summed E-state index contributed by atoms with van der Waals surface area (Å²) in [5, 5.41) is 18.2. The van der Waals surface area contributed by atoms with Gasteiger partial charge in [-0.2, -0.15) is 0 Å². The number of rotatable bonds is 6. The third-order valence-corrected chi connectivity index (χ3v) is 5.36. The predicted octanol–water partition coefficient (Wildman–Crippen LogP) is 2.19. The summed E-state index contributed by atoms with van der Waals surface area (Å²) in [5.41, 5.74) is -0.102. The van der Waals surface area contributed by atoms with Crippen LogP contribution in [-0.2, 0) is 14.8 Å². The Labute approximate surface area is 143 Å². The zero-order valence-corrected chi connectivity index (χ0v) is 13.8. The Morgan fingerprint density at radius 1 is 1.00 bits per heavy atom. The molecule has 0 bridgehead atoms. The molecule has 1 atom stereocenters. The summed E-state index contributed by atoms with van der Waals surface area (Å²) in [6, 6.07) is 7.21. The summed E-state index contributed by atoms with van der Waals surface area (Å²) < 4.78 is 39.4. The summed E-state index contributed by atoms with van der Waals surface area (Å²) in [7, 11) is -4.31. The van der Waals surface area contributed by atoms with Crippen molar-refractivity contribution < 1.29 is 32.6 Å². The van der Waals surface area contributed by atoms with Crippen molar-refractivity contribution in [2.45, 2.75) is 17.9 Å². The highest BCUT2D eigenvalue weighted by molar-refractivity contribution is 7.92. The number of anilines is 1. The lowest BCUT2D eigenvalue weighted by atomic mass is 10.2. The molecule has 0 aliphatic carbocycles. The van der Waals surface area contributed by atoms with E-state index in [1.54, 1.807) is 0 Å². The Bertz CT molecular complexity index is 893. The van der Waals surface area contributed by atoms with E-state index < -0.39 is 33.8 Å². The number of benzene rings is 2. The quantitative estimate of drug-likeness (QED) is 0.809. The molecule has 0 saturated heterocycles. The molecule has 2 aromatic rings. The lowest BCUT2D eigenvalue weighted by Gasteiger charge is -2.28. The van der Waals surface area contributed by atoms with Gasteiger partial charge in [0.2, 0.25) is 0 Å². The third-order valence-electron chi connectivity index (χ3n) is 3.45. The first-order valence-corrected chi connectivity index (χ1v) is 8.45. The van der Waals surface area contributed by atoms with Crippen LogP contribution >= 0.6 is 0 Å². The molecule has 0 heterocycles. The smallest absolute Gasteiger partial charge is 0.335 e. The summed E-state index contributed by atoms with van der Waals surface area (Å²) >= 11 is 0. The average molecular weight is 367 g/mol. The number of aliphatic carboxylic acids is 1. The van der Waals surface area contributed by atoms with Gasteiger partial charge in [0.15, 0.2) is 0 Å². The summed E-state index contributed by atoms with van der Waals surface area (Å²) in [6.45, 7) is 1.18. The van der Waals surface area contributed by atoms with Gasteiger partial charge in [0.1, 0.15) is 11.9 Å². The second-order valence-electron chi connectivity index (χ2n) is 5.12. The monoisotopic (exact) mass is 367 g/mol. The van der Waals surface area contributed by atoms with Crippen molar-refractivity contribution in [2.24, 2.45) is 0 Å². The van der Waals surface area contributed by atoms with E-state index in [2.05, 4.69) is 0 Å². The van der Waals surface area contributed by atoms with Crippen molar-refractivity contribution in [3.63, 3.8) is 0 Å². The van der Waals surface area contributed by atoms with Gasteiger partial charge < -0.3 is 10.2 Å². The summed E-state index contributed by atoms with van der Waals surface area (Å²) in [6.07, 6.45) is 0. The minimum atomic E-state index is -4.31. The standard InChI is InChI=1S/C16H14FNO6S/c1-10(15(19)20)18(13-6-2-11(3-7-13)16(21)22)25(23,24)14-8-4-12(17)5-9-14/h2-10H,1H3,(H,19,20)(H,21,22). The van der Waals surface area contributed by atoms with E-state index in [4.69, 9.17) is 5.11 Å². The van der Waals surface area contributed by atoms with E-state index in [0.717, 1.165) is 24.3 Å². The molecule has 9 heteroatoms. The van der Waals surface area contributed by atoms with Gasteiger partial charge in [0.05, 0.1) is 16.1 Å². The van der Waals surface area contributed by atoms with Crippen LogP contribution in [-0.4, -0.2) is 36.6 Å². The van der Waals surface area contributed by atoms with Crippen LogP contribution in [0.1, 0.15) is 17.3 Å². The van der Waals surface area contributed by atoms with Crippen LogP contribution in [0, 0.1) is 5.82 Å². The van der Waals surface area contributed by atoms with Gasteiger partial charge in [-0.15, -0.1) is 0 Å². The third kappa shape index (κ3) is 3.77. The van der Waals surface area contributed by atoms with Crippen LogP contribution in [0.25, 0.3) is 0 Å². The van der Waals surface area contributed by atoms with E-state index in [1.165, 1.54) is 31.2 Å². The number of carbonyl (C=O) groups is 2. The highest BCUT2D eigenvalue weighted by Gasteiger charge is 2.33. The van der Waals surface area contributed by atoms with E-state index in [1.807, 2.05) is 0 Å². The Morgan fingerprint density at radius 3 is 1.96 bits per heavy atom. The fourth-order valence-corrected chi connectivity index (χ4v) is 3.75. The molecule has 7 nitrogen and oxygen atoms in total. The molecule has 0 amide bonds. The second-order valence-corrected chi connectivity index (χ2v) is 6.94. The maximum absolute atomic E-state index is 13.0. The Morgan fingerprint density at radius 2 is 1.52 bits per heavy atom. The first kappa shape index (κ1) is 18.4. The van der Waals surface area contributed by atoms with Crippen LogP contribution in [0.4, 0.5) is 10.1 Å². The Kier molecular flexibility index (Phi) is 5.07. The van der Waals surface area contributed by atoms with Crippen LogP contribution in [0.5, 0.6) is 0 Å². The number of carboxylic acid groups (broad SMARTS) is 2. The van der Waals surface area contributed by atoms with Gasteiger partial charge in [-0.05, 0) is 55.5 Å². The molecule has 2 N–H and O–H groups in total. The molecular weight excluding hydrogens is 353 g/mol. The van der Waals surface area contributed by atoms with Crippen molar-refractivity contribution in [1.29, 1.82) is 0 Å². The average Bonchev–Trinajstić information content (AvgIpc) is 2.55. The van der Waals surface area contributed by atoms with Gasteiger partial charge in [-0.1, -0.05) is 0 Å². The van der Waals surface area contributed by atoms with Crippen molar-refractivity contribution in [2.75, 3.05) is 4.31 Å². The molecule has 0 saturated carbocycles. The molecule has 0 spiro atoms. The number of hydrogen-bond acceptors (Lipinski definition) is 4. The van der Waals surface area contributed by atoms with Crippen LogP contribution in [0.2, 0.25) is 0 Å². The lowest BCUT2D eigenvalue weighted by Crippen LogP contribution is -2.43. The summed E-state index contributed by atoms with van der Waals surface area (Å²) in [5.74, 6) is -3.23. The predicted molar refractivity (Wildman–Crippen MR) is 86.6 cm³/mol. The number of sulfonamides is 1. The molecule has 0 aliphatic rings. The first-order valence-electron chi connectivity index (χ1n) is 7.01. The molecule has 1 unspecified atom stereocenters. The molecule has 0 aromatic heterocycles. The van der Waals surface area contributed by atoms with E-state index >= 15 is 0 Å². The van der Waals surface area contributed by atoms with Crippen molar-refractivity contribution in [1.82, 2.24) is 0 Å². The largest absolute Gasteiger partial charge is 0.480 e. The highest BCUT2D eigenvalue weighted by atomic mass is 32.2.